The largest absolute Gasteiger partial charge is 0.330 e. The minimum absolute atomic E-state index is 0.148. The van der Waals surface area contributed by atoms with Crippen LogP contribution in [0.2, 0.25) is 0 Å². The van der Waals surface area contributed by atoms with Gasteiger partial charge in [0.15, 0.2) is 5.82 Å². The monoisotopic (exact) mass is 470 g/mol. The zero-order valence-corrected chi connectivity index (χ0v) is 18.5. The number of rotatable bonds is 2. The molecule has 0 fully saturated rings. The molecule has 0 saturated heterocycles. The van der Waals surface area contributed by atoms with E-state index < -0.39 is 23.4 Å². The highest BCUT2D eigenvalue weighted by Crippen LogP contribution is 2.33. The Morgan fingerprint density at radius 3 is 2.76 bits per heavy atom. The van der Waals surface area contributed by atoms with Crippen molar-refractivity contribution >= 4 is 34.7 Å². The highest BCUT2D eigenvalue weighted by Gasteiger charge is 2.33. The second-order valence-electron chi connectivity index (χ2n) is 7.88. The number of amidine groups is 1. The van der Waals surface area contributed by atoms with E-state index >= 15 is 0 Å². The maximum Gasteiger partial charge on any atom is 0.295 e. The van der Waals surface area contributed by atoms with E-state index in [9.17, 15) is 13.6 Å². The summed E-state index contributed by atoms with van der Waals surface area (Å²) in [5.41, 5.74) is 2.57. The van der Waals surface area contributed by atoms with Crippen molar-refractivity contribution in [1.29, 1.82) is 0 Å². The average Bonchev–Trinajstić information content (AvgIpc) is 2.81. The van der Waals surface area contributed by atoms with E-state index in [0.29, 0.717) is 25.7 Å². The van der Waals surface area contributed by atoms with Crippen molar-refractivity contribution in [3.8, 4) is 0 Å². The Balaban J connectivity index is 1.60. The summed E-state index contributed by atoms with van der Waals surface area (Å²) in [5.74, 6) is 2.73. The number of amides is 1. The van der Waals surface area contributed by atoms with Gasteiger partial charge in [-0.05, 0) is 29.3 Å². The highest BCUT2D eigenvalue weighted by atomic mass is 35.5. The minimum atomic E-state index is -0.914. The van der Waals surface area contributed by atoms with Gasteiger partial charge in [0.1, 0.15) is 11.5 Å². The quantitative estimate of drug-likeness (QED) is 0.227. The molecule has 2 aliphatic heterocycles. The fourth-order valence-corrected chi connectivity index (χ4v) is 3.99. The first kappa shape index (κ1) is 22.7. The maximum atomic E-state index is 13.9. The molecule has 2 aromatic carbocycles. The van der Waals surface area contributed by atoms with Crippen LogP contribution in [0.5, 0.6) is 0 Å². The van der Waals surface area contributed by atoms with Gasteiger partial charge < -0.3 is 10.7 Å². The molecule has 10 heteroatoms. The van der Waals surface area contributed by atoms with Crippen LogP contribution < -0.4 is 5.84 Å². The number of fused-ring (bicyclic) bond motifs is 1. The summed E-state index contributed by atoms with van der Waals surface area (Å²) in [6, 6.07) is 10.6. The smallest absolute Gasteiger partial charge is 0.295 e. The van der Waals surface area contributed by atoms with Crippen LogP contribution in [0, 0.1) is 17.6 Å². The number of nitrogens with two attached hydrogens (primary N) is 1. The Labute approximate surface area is 194 Å². The van der Waals surface area contributed by atoms with Gasteiger partial charge in [0.05, 0.1) is 0 Å². The number of benzene rings is 2. The van der Waals surface area contributed by atoms with Crippen LogP contribution in [-0.4, -0.2) is 35.4 Å². The van der Waals surface area contributed by atoms with Crippen molar-refractivity contribution in [3.63, 3.8) is 0 Å². The lowest BCUT2D eigenvalue weighted by atomic mass is 9.85. The van der Waals surface area contributed by atoms with E-state index in [1.807, 2.05) is 37.3 Å². The number of dihydropyridines is 1. The molecule has 0 bridgehead atoms. The third-order valence-corrected chi connectivity index (χ3v) is 6.10. The van der Waals surface area contributed by atoms with E-state index in [0.717, 1.165) is 34.0 Å². The number of aliphatic imine (C=N–C) groups is 1. The van der Waals surface area contributed by atoms with Gasteiger partial charge in [-0.25, -0.2) is 8.78 Å². The van der Waals surface area contributed by atoms with Crippen LogP contribution in [0.4, 0.5) is 14.5 Å². The third kappa shape index (κ3) is 4.83. The number of nitrogens with zero attached hydrogens (tertiary/aromatic N) is 5. The SMILES string of the molecule is CC1CN=C(C2CN(C(=O)C(N=Nc3ccc(F)cc3F)=NN)Cc3ccccc32)C=C1Cl. The second kappa shape index (κ2) is 9.58. The van der Waals surface area contributed by atoms with Crippen molar-refractivity contribution in [3.05, 3.63) is 76.3 Å². The number of halogens is 3. The molecule has 7 nitrogen and oxygen atoms in total. The molecule has 2 unspecified atom stereocenters. The summed E-state index contributed by atoms with van der Waals surface area (Å²) in [4.78, 5) is 19.4. The summed E-state index contributed by atoms with van der Waals surface area (Å²) in [7, 11) is 0. The van der Waals surface area contributed by atoms with E-state index in [4.69, 9.17) is 17.4 Å². The number of allylic oxidation sites excluding steroid dienone is 1. The number of hydrazone groups is 1. The Morgan fingerprint density at radius 2 is 2.03 bits per heavy atom. The summed E-state index contributed by atoms with van der Waals surface area (Å²) in [6.45, 7) is 3.20. The van der Waals surface area contributed by atoms with E-state index in [-0.39, 0.29) is 17.5 Å². The van der Waals surface area contributed by atoms with Gasteiger partial charge in [-0.2, -0.15) is 5.10 Å². The molecular formula is C23H21ClF2N6O. The molecule has 0 aliphatic carbocycles. The number of carbonyl (C=O) groups is 1. The van der Waals surface area contributed by atoms with Gasteiger partial charge in [0.25, 0.3) is 11.7 Å². The average molecular weight is 471 g/mol. The number of hydrogen-bond acceptors (Lipinski definition) is 5. The molecular weight excluding hydrogens is 450 g/mol. The van der Waals surface area contributed by atoms with Crippen molar-refractivity contribution in [2.24, 2.45) is 32.1 Å². The molecule has 2 heterocycles. The Bertz CT molecular complexity index is 1210. The molecule has 170 valence electrons. The number of carbonyl (C=O) groups excluding carboxylic acids is 1. The molecule has 4 rings (SSSR count). The Kier molecular flexibility index (Phi) is 6.60. The molecule has 33 heavy (non-hydrogen) atoms. The van der Waals surface area contributed by atoms with Crippen molar-refractivity contribution in [2.75, 3.05) is 13.1 Å². The number of hydrogen-bond donors (Lipinski definition) is 1. The maximum absolute atomic E-state index is 13.9. The van der Waals surface area contributed by atoms with Gasteiger partial charge in [-0.1, -0.05) is 42.8 Å². The molecule has 2 N–H and O–H groups in total. The second-order valence-corrected chi connectivity index (χ2v) is 8.32. The molecule has 2 aliphatic rings. The molecule has 0 radical (unpaired) electrons. The predicted molar refractivity (Wildman–Crippen MR) is 122 cm³/mol. The predicted octanol–water partition coefficient (Wildman–Crippen LogP) is 4.66. The first-order valence-corrected chi connectivity index (χ1v) is 10.7. The van der Waals surface area contributed by atoms with Crippen molar-refractivity contribution < 1.29 is 13.6 Å². The summed E-state index contributed by atoms with van der Waals surface area (Å²) in [5, 5.41) is 11.6. The lowest BCUT2D eigenvalue weighted by molar-refractivity contribution is -0.125. The molecule has 0 spiro atoms. The Hall–Kier alpha value is -3.46. The molecule has 2 aromatic rings. The van der Waals surface area contributed by atoms with E-state index in [2.05, 4.69) is 20.3 Å². The molecule has 2 atom stereocenters. The summed E-state index contributed by atoms with van der Waals surface area (Å²) in [6.07, 6.45) is 1.86. The summed E-state index contributed by atoms with van der Waals surface area (Å²) < 4.78 is 27.0. The van der Waals surface area contributed by atoms with E-state index in [1.54, 1.807) is 4.90 Å². The summed E-state index contributed by atoms with van der Waals surface area (Å²) >= 11 is 6.38. The minimum Gasteiger partial charge on any atom is -0.330 e. The highest BCUT2D eigenvalue weighted by molar-refractivity contribution is 6.38. The Morgan fingerprint density at radius 1 is 1.24 bits per heavy atom. The van der Waals surface area contributed by atoms with Crippen molar-refractivity contribution in [2.45, 2.75) is 19.4 Å². The zero-order chi connectivity index (χ0) is 23.5. The van der Waals surface area contributed by atoms with Gasteiger partial charge >= 0.3 is 0 Å². The van der Waals surface area contributed by atoms with E-state index in [1.165, 1.54) is 0 Å². The molecule has 1 amide bonds. The fraction of sp³-hybridized carbons (Fsp3) is 0.261. The van der Waals surface area contributed by atoms with Crippen LogP contribution >= 0.6 is 11.6 Å². The molecule has 0 saturated carbocycles. The fourth-order valence-electron chi connectivity index (χ4n) is 3.81. The topological polar surface area (TPSA) is 95.8 Å². The normalized spacial score (nSPS) is 21.0. The number of azo groups is 1. The third-order valence-electron chi connectivity index (χ3n) is 5.62. The van der Waals surface area contributed by atoms with Crippen LogP contribution in [0.15, 0.2) is 73.9 Å². The lowest BCUT2D eigenvalue weighted by Crippen LogP contribution is -2.43. The van der Waals surface area contributed by atoms with Gasteiger partial charge in [-0.15, -0.1) is 10.2 Å². The van der Waals surface area contributed by atoms with Crippen molar-refractivity contribution in [1.82, 2.24) is 4.90 Å². The van der Waals surface area contributed by atoms with Crippen LogP contribution in [0.25, 0.3) is 0 Å². The van der Waals surface area contributed by atoms with Crippen LogP contribution in [0.1, 0.15) is 24.0 Å². The van der Waals surface area contributed by atoms with Gasteiger partial charge in [0.2, 0.25) is 0 Å². The zero-order valence-electron chi connectivity index (χ0n) is 17.8. The first-order valence-electron chi connectivity index (χ1n) is 10.3. The van der Waals surface area contributed by atoms with Crippen LogP contribution in [0.3, 0.4) is 0 Å². The van der Waals surface area contributed by atoms with Gasteiger partial charge in [-0.3, -0.25) is 9.79 Å². The lowest BCUT2D eigenvalue weighted by Gasteiger charge is -2.35. The van der Waals surface area contributed by atoms with Crippen LogP contribution in [-0.2, 0) is 11.3 Å². The first-order chi connectivity index (χ1) is 15.9. The van der Waals surface area contributed by atoms with Gasteiger partial charge in [0, 0.05) is 48.3 Å². The standard InChI is InChI=1S/C23H21ClF2N6O/c1-13-10-28-21(9-18(13)24)17-12-32(11-14-4-2-3-5-16(14)17)23(33)22(29-27)31-30-20-7-6-15(25)8-19(20)26/h2-9,13,17H,10-12,27H2,1H3. The molecule has 0 aromatic heterocycles.